The number of imidazole rings is 1. The molecule has 2 aliphatic rings. The van der Waals surface area contributed by atoms with Crippen LogP contribution in [0.4, 0.5) is 4.39 Å². The van der Waals surface area contributed by atoms with Crippen LogP contribution in [0.15, 0.2) is 59.3 Å². The number of benzene rings is 2. The van der Waals surface area contributed by atoms with Crippen molar-refractivity contribution in [2.24, 2.45) is 0 Å². The Morgan fingerprint density at radius 2 is 1.82 bits per heavy atom. The van der Waals surface area contributed by atoms with Crippen LogP contribution in [0.5, 0.6) is 0 Å². The molecule has 2 aliphatic heterocycles. The topological polar surface area (TPSA) is 95.2 Å². The molecule has 0 spiro atoms. The summed E-state index contributed by atoms with van der Waals surface area (Å²) in [5.41, 5.74) is 3.11. The van der Waals surface area contributed by atoms with Gasteiger partial charge in [0.15, 0.2) is 0 Å². The highest BCUT2D eigenvalue weighted by atomic mass is 32.2. The zero-order valence-electron chi connectivity index (χ0n) is 17.6. The summed E-state index contributed by atoms with van der Waals surface area (Å²) < 4.78 is 33.3. The molecular formula is C23H21FN4O4S. The third-order valence-corrected chi connectivity index (χ3v) is 7.34. The first kappa shape index (κ1) is 20.8. The lowest BCUT2D eigenvalue weighted by atomic mass is 10.1. The van der Waals surface area contributed by atoms with Gasteiger partial charge in [-0.1, -0.05) is 23.3 Å². The molecule has 4 aromatic rings. The number of para-hydroxylation sites is 2. The van der Waals surface area contributed by atoms with Gasteiger partial charge in [-0.25, -0.2) is 14.3 Å². The minimum absolute atomic E-state index is 0.314. The molecule has 2 fully saturated rings. The van der Waals surface area contributed by atoms with Gasteiger partial charge in [0, 0.05) is 31.5 Å². The molecule has 10 heteroatoms. The van der Waals surface area contributed by atoms with Crippen molar-refractivity contribution in [3.63, 3.8) is 0 Å². The molecule has 33 heavy (non-hydrogen) atoms. The van der Waals surface area contributed by atoms with E-state index in [4.69, 9.17) is 19.2 Å². The van der Waals surface area contributed by atoms with Crippen LogP contribution in [0, 0.1) is 5.82 Å². The van der Waals surface area contributed by atoms with Crippen molar-refractivity contribution >= 4 is 22.2 Å². The van der Waals surface area contributed by atoms with E-state index < -0.39 is 17.1 Å². The fraction of sp³-hybridized carbons (Fsp3) is 0.304. The lowest BCUT2D eigenvalue weighted by molar-refractivity contribution is 0.0762. The van der Waals surface area contributed by atoms with Gasteiger partial charge in [-0.3, -0.25) is 4.57 Å². The summed E-state index contributed by atoms with van der Waals surface area (Å²) in [5, 5.41) is 0. The predicted molar refractivity (Wildman–Crippen MR) is 119 cm³/mol. The summed E-state index contributed by atoms with van der Waals surface area (Å²) in [6.45, 7) is 1.31. The van der Waals surface area contributed by atoms with Gasteiger partial charge in [0.05, 0.1) is 11.0 Å². The Balaban J connectivity index is 1.32. The van der Waals surface area contributed by atoms with E-state index in [2.05, 4.69) is 9.88 Å². The van der Waals surface area contributed by atoms with E-state index in [1.807, 2.05) is 24.3 Å². The average molecular weight is 469 g/mol. The molecule has 0 unspecified atom stereocenters. The molecule has 2 aromatic carbocycles. The van der Waals surface area contributed by atoms with Crippen molar-refractivity contribution in [2.75, 3.05) is 24.6 Å². The molecule has 0 saturated carbocycles. The van der Waals surface area contributed by atoms with Crippen LogP contribution in [0.2, 0.25) is 0 Å². The summed E-state index contributed by atoms with van der Waals surface area (Å²) in [5.74, 6) is 0.726. The minimum Gasteiger partial charge on any atom is -0.616 e. The maximum atomic E-state index is 13.5. The first-order valence-electron chi connectivity index (χ1n) is 10.8. The van der Waals surface area contributed by atoms with E-state index in [1.54, 1.807) is 23.0 Å². The second-order valence-corrected chi connectivity index (χ2v) is 9.79. The molecule has 170 valence electrons. The summed E-state index contributed by atoms with van der Waals surface area (Å²) >= 11 is -0.785. The van der Waals surface area contributed by atoms with Crippen LogP contribution in [0.3, 0.4) is 0 Å². The zero-order valence-corrected chi connectivity index (χ0v) is 18.5. The van der Waals surface area contributed by atoms with Gasteiger partial charge in [-0.2, -0.15) is 14.8 Å². The molecule has 0 bridgehead atoms. The highest BCUT2D eigenvalue weighted by molar-refractivity contribution is 7.91. The fourth-order valence-corrected chi connectivity index (χ4v) is 5.25. The second kappa shape index (κ2) is 8.23. The van der Waals surface area contributed by atoms with Crippen LogP contribution in [0.25, 0.3) is 28.3 Å². The van der Waals surface area contributed by atoms with Gasteiger partial charge < -0.3 is 8.97 Å². The zero-order chi connectivity index (χ0) is 22.4. The maximum absolute atomic E-state index is 13.5. The lowest BCUT2D eigenvalue weighted by Crippen LogP contribution is -2.48. The highest BCUT2D eigenvalue weighted by Gasteiger charge is 2.55. The number of hydrogen-bond acceptors (Lipinski definition) is 7. The smallest absolute Gasteiger partial charge is 0.308 e. The standard InChI is InChI=1S/C23H21FN4O4S/c24-17-7-5-16(6-8-17)21-20(9-10-23(31-32-23)27-11-13-33(29)14-12-27)30-22(26-21)28-15-25-18-3-1-2-4-19(18)28/h1-8,15H,9-14H2. The molecule has 0 N–H and O–H groups in total. The van der Waals surface area contributed by atoms with Crippen molar-refractivity contribution in [1.29, 1.82) is 0 Å². The van der Waals surface area contributed by atoms with E-state index in [-0.39, 0.29) is 5.82 Å². The van der Waals surface area contributed by atoms with Crippen LogP contribution >= 0.6 is 0 Å². The molecule has 6 rings (SSSR count). The molecule has 4 heterocycles. The first-order valence-corrected chi connectivity index (χ1v) is 12.3. The Hall–Kier alpha value is -2.76. The molecule has 2 aromatic heterocycles. The van der Waals surface area contributed by atoms with Crippen molar-refractivity contribution in [3.05, 3.63) is 66.4 Å². The van der Waals surface area contributed by atoms with Gasteiger partial charge in [-0.15, -0.1) is 0 Å². The van der Waals surface area contributed by atoms with Crippen molar-refractivity contribution in [3.8, 4) is 17.3 Å². The number of aromatic nitrogens is 3. The Morgan fingerprint density at radius 3 is 2.58 bits per heavy atom. The summed E-state index contributed by atoms with van der Waals surface area (Å²) in [6.07, 6.45) is 2.69. The third kappa shape index (κ3) is 3.94. The monoisotopic (exact) mass is 468 g/mol. The summed E-state index contributed by atoms with van der Waals surface area (Å²) in [6, 6.07) is 14.3. The van der Waals surface area contributed by atoms with Crippen LogP contribution in [-0.4, -0.2) is 54.5 Å². The number of oxazole rings is 1. The van der Waals surface area contributed by atoms with Crippen LogP contribution in [0.1, 0.15) is 12.2 Å². The van der Waals surface area contributed by atoms with Crippen LogP contribution in [-0.2, 0) is 27.4 Å². The maximum Gasteiger partial charge on any atom is 0.308 e. The normalized spacial score (nSPS) is 18.7. The molecule has 0 atom stereocenters. The van der Waals surface area contributed by atoms with Gasteiger partial charge in [0.1, 0.15) is 35.1 Å². The third-order valence-electron chi connectivity index (χ3n) is 6.07. The van der Waals surface area contributed by atoms with Crippen molar-refractivity contribution in [2.45, 2.75) is 18.8 Å². The highest BCUT2D eigenvalue weighted by Crippen LogP contribution is 2.40. The van der Waals surface area contributed by atoms with E-state index in [0.717, 1.165) is 16.6 Å². The largest absolute Gasteiger partial charge is 0.616 e. The number of fused-ring (bicyclic) bond motifs is 1. The molecule has 0 amide bonds. The average Bonchev–Trinajstić information content (AvgIpc) is 3.32. The Bertz CT molecular complexity index is 1280. The Labute approximate surface area is 192 Å². The first-order chi connectivity index (χ1) is 16.1. The fourth-order valence-electron chi connectivity index (χ4n) is 4.20. The molecule has 0 aliphatic carbocycles. The summed E-state index contributed by atoms with van der Waals surface area (Å²) in [4.78, 5) is 22.0. The quantitative estimate of drug-likeness (QED) is 0.243. The van der Waals surface area contributed by atoms with Gasteiger partial charge >= 0.3 is 6.01 Å². The second-order valence-electron chi connectivity index (χ2n) is 8.09. The number of hydrogen-bond donors (Lipinski definition) is 0. The van der Waals surface area contributed by atoms with E-state index in [0.29, 0.717) is 54.9 Å². The molecule has 8 nitrogen and oxygen atoms in total. The molecular weight excluding hydrogens is 447 g/mol. The van der Waals surface area contributed by atoms with E-state index in [1.165, 1.54) is 12.1 Å². The molecule has 0 radical (unpaired) electrons. The summed E-state index contributed by atoms with van der Waals surface area (Å²) in [7, 11) is 0. The van der Waals surface area contributed by atoms with E-state index in [9.17, 15) is 8.94 Å². The minimum atomic E-state index is -0.820. The van der Waals surface area contributed by atoms with Gasteiger partial charge in [-0.05, 0) is 36.4 Å². The Morgan fingerprint density at radius 1 is 1.06 bits per heavy atom. The number of rotatable bonds is 6. The van der Waals surface area contributed by atoms with Gasteiger partial charge in [0.2, 0.25) is 0 Å². The van der Waals surface area contributed by atoms with Crippen molar-refractivity contribution in [1.82, 2.24) is 19.4 Å². The number of nitrogens with zero attached hydrogens (tertiary/aromatic N) is 4. The van der Waals surface area contributed by atoms with E-state index >= 15 is 0 Å². The SMILES string of the molecule is [O-][S+]1CCN(C2(CCc3oc(-n4cnc5ccccc54)nc3-c3ccc(F)cc3)OO2)CC1. The molecule has 2 saturated heterocycles. The number of aryl methyl sites for hydroxylation is 1. The number of halogens is 1. The van der Waals surface area contributed by atoms with Crippen LogP contribution < -0.4 is 0 Å². The van der Waals surface area contributed by atoms with Gasteiger partial charge in [0.25, 0.3) is 5.91 Å². The predicted octanol–water partition coefficient (Wildman–Crippen LogP) is 3.43. The Kier molecular flexibility index (Phi) is 5.19. The van der Waals surface area contributed by atoms with Crippen molar-refractivity contribution < 1.29 is 23.1 Å². The lowest BCUT2D eigenvalue weighted by Gasteiger charge is -2.29.